The third kappa shape index (κ3) is 5.72. The summed E-state index contributed by atoms with van der Waals surface area (Å²) in [5.74, 6) is 0. The van der Waals surface area contributed by atoms with Gasteiger partial charge in [-0.05, 0) is 48.2 Å². The van der Waals surface area contributed by atoms with Crippen molar-refractivity contribution in [2.45, 2.75) is 33.8 Å². The van der Waals surface area contributed by atoms with Gasteiger partial charge in [0.1, 0.15) is 9.10 Å². The average Bonchev–Trinajstić information content (AvgIpc) is 3.43. The molecule has 0 radical (unpaired) electrons. The highest BCUT2D eigenvalue weighted by atomic mass is 32.2. The van der Waals surface area contributed by atoms with Crippen LogP contribution in [-0.2, 0) is 25.6 Å². The van der Waals surface area contributed by atoms with E-state index in [-0.39, 0.29) is 40.8 Å². The topological polar surface area (TPSA) is 120 Å². The first-order chi connectivity index (χ1) is 17.7. The molecule has 15 heteroatoms. The minimum atomic E-state index is -4.89. The van der Waals surface area contributed by atoms with Crippen molar-refractivity contribution in [3.05, 3.63) is 71.9 Å². The van der Waals surface area contributed by atoms with Crippen LogP contribution in [0.5, 0.6) is 0 Å². The van der Waals surface area contributed by atoms with Gasteiger partial charge in [-0.2, -0.15) is 17.5 Å². The number of anilines is 1. The lowest BCUT2D eigenvalue weighted by atomic mass is 9.95. The summed E-state index contributed by atoms with van der Waals surface area (Å²) in [6, 6.07) is 10.3. The largest absolute Gasteiger partial charge is 0.421 e. The summed E-state index contributed by atoms with van der Waals surface area (Å²) in [6.07, 6.45) is -2.28. The molecule has 1 fully saturated rings. The quantitative estimate of drug-likeness (QED) is 0.414. The van der Waals surface area contributed by atoms with E-state index in [2.05, 4.69) is 9.71 Å². The summed E-state index contributed by atoms with van der Waals surface area (Å²) in [6.45, 7) is 0.632. The SMILES string of the molecule is C[C@](O)(c1ccc(N2CCN(S(=O)(=O)c3cccs3)C[C@@H]2CNS(=O)(=O)c2cccnc2)cc1)C(F)(F)F. The Balaban J connectivity index is 1.61. The smallest absolute Gasteiger partial charge is 0.376 e. The van der Waals surface area contributed by atoms with Crippen LogP contribution in [0.4, 0.5) is 18.9 Å². The fraction of sp³-hybridized carbons (Fsp3) is 0.348. The maximum Gasteiger partial charge on any atom is 0.421 e. The number of aliphatic hydroxyl groups is 1. The first kappa shape index (κ1) is 28.4. The summed E-state index contributed by atoms with van der Waals surface area (Å²) < 4.78 is 95.6. The van der Waals surface area contributed by atoms with Crippen molar-refractivity contribution in [2.75, 3.05) is 31.1 Å². The Morgan fingerprint density at radius 3 is 2.37 bits per heavy atom. The second kappa shape index (κ2) is 10.5. The van der Waals surface area contributed by atoms with Crippen LogP contribution in [0, 0.1) is 0 Å². The van der Waals surface area contributed by atoms with Gasteiger partial charge in [-0.3, -0.25) is 4.98 Å². The molecule has 1 aromatic carbocycles. The Bertz CT molecular complexity index is 1450. The monoisotopic (exact) mass is 590 g/mol. The van der Waals surface area contributed by atoms with E-state index in [1.165, 1.54) is 47.0 Å². The molecule has 2 aromatic heterocycles. The number of benzene rings is 1. The number of halogens is 3. The standard InChI is InChI=1S/C23H25F3N4O5S3/c1-22(31,23(24,25)26)17-6-8-18(9-7-17)30-12-11-29(38(34,35)21-5-3-13-36-21)16-19(30)14-28-37(32,33)20-4-2-10-27-15-20/h2-10,13,15,19,28,31H,11-12,14,16H2,1H3/t19-,22-/m0/s1. The number of hydrogen-bond donors (Lipinski definition) is 2. The van der Waals surface area contributed by atoms with Gasteiger partial charge in [0, 0.05) is 44.3 Å². The number of rotatable bonds is 8. The molecule has 1 saturated heterocycles. The highest BCUT2D eigenvalue weighted by Crippen LogP contribution is 2.39. The molecule has 206 valence electrons. The fourth-order valence-electron chi connectivity index (χ4n) is 4.03. The number of nitrogens with one attached hydrogen (secondary N) is 1. The van der Waals surface area contributed by atoms with Crippen molar-refractivity contribution in [1.29, 1.82) is 0 Å². The maximum atomic E-state index is 13.3. The Kier molecular flexibility index (Phi) is 7.89. The fourth-order valence-corrected chi connectivity index (χ4v) is 7.68. The van der Waals surface area contributed by atoms with Crippen LogP contribution in [0.2, 0.25) is 0 Å². The van der Waals surface area contributed by atoms with Crippen LogP contribution in [0.1, 0.15) is 12.5 Å². The molecule has 38 heavy (non-hydrogen) atoms. The number of sulfonamides is 2. The lowest BCUT2D eigenvalue weighted by molar-refractivity contribution is -0.258. The number of aromatic nitrogens is 1. The van der Waals surface area contributed by atoms with Crippen LogP contribution in [0.3, 0.4) is 0 Å². The highest BCUT2D eigenvalue weighted by Gasteiger charge is 2.51. The minimum Gasteiger partial charge on any atom is -0.376 e. The van der Waals surface area contributed by atoms with Gasteiger partial charge in [0.15, 0.2) is 5.60 Å². The molecule has 0 amide bonds. The van der Waals surface area contributed by atoms with Crippen LogP contribution in [0.25, 0.3) is 0 Å². The number of pyridine rings is 1. The average molecular weight is 591 g/mol. The Morgan fingerprint density at radius 2 is 1.79 bits per heavy atom. The molecule has 0 aliphatic carbocycles. The Labute approximate surface area is 222 Å². The summed E-state index contributed by atoms with van der Waals surface area (Å²) in [5.41, 5.74) is -2.97. The molecule has 0 spiro atoms. The molecule has 4 rings (SSSR count). The number of piperazine rings is 1. The molecule has 0 saturated carbocycles. The van der Waals surface area contributed by atoms with E-state index in [4.69, 9.17) is 0 Å². The molecule has 0 bridgehead atoms. The lowest BCUT2D eigenvalue weighted by Gasteiger charge is -2.42. The van der Waals surface area contributed by atoms with Crippen LogP contribution >= 0.6 is 11.3 Å². The van der Waals surface area contributed by atoms with Crippen molar-refractivity contribution in [3.8, 4) is 0 Å². The van der Waals surface area contributed by atoms with Gasteiger partial charge in [-0.1, -0.05) is 18.2 Å². The molecular formula is C23H25F3N4O5S3. The normalized spacial score (nSPS) is 19.3. The second-order valence-corrected chi connectivity index (χ2v) is 13.7. The molecule has 2 N–H and O–H groups in total. The van der Waals surface area contributed by atoms with E-state index in [9.17, 15) is 35.1 Å². The second-order valence-electron chi connectivity index (χ2n) is 8.80. The summed E-state index contributed by atoms with van der Waals surface area (Å²) in [4.78, 5) is 5.48. The van der Waals surface area contributed by atoms with Gasteiger partial charge < -0.3 is 10.0 Å². The molecule has 0 unspecified atom stereocenters. The highest BCUT2D eigenvalue weighted by molar-refractivity contribution is 7.91. The van der Waals surface area contributed by atoms with Crippen molar-refractivity contribution < 1.29 is 35.1 Å². The van der Waals surface area contributed by atoms with Gasteiger partial charge in [0.25, 0.3) is 10.0 Å². The Morgan fingerprint density at radius 1 is 1.08 bits per heavy atom. The zero-order valence-corrected chi connectivity index (χ0v) is 22.5. The lowest BCUT2D eigenvalue weighted by Crippen LogP contribution is -2.58. The van der Waals surface area contributed by atoms with E-state index < -0.39 is 37.9 Å². The summed E-state index contributed by atoms with van der Waals surface area (Å²) in [7, 11) is -7.79. The first-order valence-electron chi connectivity index (χ1n) is 11.3. The van der Waals surface area contributed by atoms with E-state index in [0.29, 0.717) is 12.6 Å². The van der Waals surface area contributed by atoms with Crippen molar-refractivity contribution in [2.24, 2.45) is 0 Å². The minimum absolute atomic E-state index is 0.0656. The molecule has 1 aliphatic heterocycles. The van der Waals surface area contributed by atoms with E-state index in [0.717, 1.165) is 23.5 Å². The van der Waals surface area contributed by atoms with Crippen LogP contribution in [0.15, 0.2) is 75.4 Å². The van der Waals surface area contributed by atoms with Gasteiger partial charge in [-0.15, -0.1) is 11.3 Å². The number of nitrogens with zero attached hydrogens (tertiary/aromatic N) is 3. The van der Waals surface area contributed by atoms with E-state index >= 15 is 0 Å². The van der Waals surface area contributed by atoms with Crippen molar-refractivity contribution in [3.63, 3.8) is 0 Å². The van der Waals surface area contributed by atoms with Crippen LogP contribution < -0.4 is 9.62 Å². The van der Waals surface area contributed by atoms with E-state index in [1.807, 2.05) is 0 Å². The molecule has 2 atom stereocenters. The zero-order valence-electron chi connectivity index (χ0n) is 20.0. The predicted molar refractivity (Wildman–Crippen MR) is 136 cm³/mol. The zero-order chi connectivity index (χ0) is 27.8. The molecular weight excluding hydrogens is 565 g/mol. The number of hydrogen-bond acceptors (Lipinski definition) is 8. The first-order valence-corrected chi connectivity index (χ1v) is 15.1. The molecule has 1 aliphatic rings. The van der Waals surface area contributed by atoms with Crippen LogP contribution in [-0.4, -0.2) is 69.6 Å². The third-order valence-corrected chi connectivity index (χ3v) is 10.9. The van der Waals surface area contributed by atoms with Crippen molar-refractivity contribution in [1.82, 2.24) is 14.0 Å². The third-order valence-electron chi connectivity index (χ3n) is 6.30. The van der Waals surface area contributed by atoms with Crippen molar-refractivity contribution >= 4 is 37.1 Å². The summed E-state index contributed by atoms with van der Waals surface area (Å²) in [5, 5.41) is 11.6. The molecule has 9 nitrogen and oxygen atoms in total. The predicted octanol–water partition coefficient (Wildman–Crippen LogP) is 2.77. The molecule has 3 aromatic rings. The number of thiophene rings is 1. The summed E-state index contributed by atoms with van der Waals surface area (Å²) >= 11 is 1.07. The van der Waals surface area contributed by atoms with E-state index in [1.54, 1.807) is 16.3 Å². The van der Waals surface area contributed by atoms with Gasteiger partial charge in [0.05, 0.1) is 6.04 Å². The number of alkyl halides is 3. The van der Waals surface area contributed by atoms with Gasteiger partial charge >= 0.3 is 6.18 Å². The maximum absolute atomic E-state index is 13.3. The van der Waals surface area contributed by atoms with Gasteiger partial charge in [-0.25, -0.2) is 21.6 Å². The Hall–Kier alpha value is -2.56. The molecule has 3 heterocycles. The van der Waals surface area contributed by atoms with Gasteiger partial charge in [0.2, 0.25) is 10.0 Å².